The van der Waals surface area contributed by atoms with Gasteiger partial charge < -0.3 is 10.2 Å². The van der Waals surface area contributed by atoms with Crippen LogP contribution in [0, 0.1) is 0 Å². The predicted octanol–water partition coefficient (Wildman–Crippen LogP) is 3.13. The fourth-order valence-corrected chi connectivity index (χ4v) is 4.76. The lowest BCUT2D eigenvalue weighted by Gasteiger charge is -2.38. The maximum atomic E-state index is 13.2. The monoisotopic (exact) mass is 332 g/mol. The minimum atomic E-state index is 0.00359. The fourth-order valence-electron chi connectivity index (χ4n) is 4.76. The van der Waals surface area contributed by atoms with Crippen LogP contribution in [0.4, 0.5) is 5.69 Å². The Bertz CT molecular complexity index is 889. The van der Waals surface area contributed by atoms with Gasteiger partial charge in [0.15, 0.2) is 0 Å². The number of hydrogen-bond acceptors (Lipinski definition) is 2. The molecule has 3 aliphatic rings. The molecule has 0 aromatic heterocycles. The third kappa shape index (κ3) is 2.28. The average Bonchev–Trinajstić information content (AvgIpc) is 3.19. The maximum Gasteiger partial charge on any atom is 0.254 e. The molecule has 0 spiro atoms. The molecular weight excluding hydrogens is 312 g/mol. The number of hydrogen-bond donors (Lipinski definition) is 1. The molecule has 5 rings (SSSR count). The number of fused-ring (bicyclic) bond motifs is 4. The quantitative estimate of drug-likeness (QED) is 0.872. The minimum Gasteiger partial charge on any atom is -0.335 e. The van der Waals surface area contributed by atoms with E-state index < -0.39 is 0 Å². The summed E-state index contributed by atoms with van der Waals surface area (Å²) in [5, 5.41) is 2.83. The highest BCUT2D eigenvalue weighted by atomic mass is 16.2. The molecule has 1 saturated heterocycles. The van der Waals surface area contributed by atoms with E-state index in [-0.39, 0.29) is 17.9 Å². The van der Waals surface area contributed by atoms with Gasteiger partial charge in [-0.1, -0.05) is 24.3 Å². The van der Waals surface area contributed by atoms with Crippen molar-refractivity contribution in [3.8, 4) is 0 Å². The molecule has 25 heavy (non-hydrogen) atoms. The first kappa shape index (κ1) is 14.7. The van der Waals surface area contributed by atoms with E-state index in [4.69, 9.17) is 0 Å². The van der Waals surface area contributed by atoms with Crippen LogP contribution in [0.25, 0.3) is 0 Å². The van der Waals surface area contributed by atoms with Crippen LogP contribution in [0.1, 0.15) is 45.8 Å². The van der Waals surface area contributed by atoms with Gasteiger partial charge in [0, 0.05) is 29.8 Å². The summed E-state index contributed by atoms with van der Waals surface area (Å²) in [6.07, 6.45) is 3.53. The van der Waals surface area contributed by atoms with Gasteiger partial charge in [0.25, 0.3) is 5.91 Å². The van der Waals surface area contributed by atoms with E-state index in [0.717, 1.165) is 37.1 Å². The third-order valence-corrected chi connectivity index (χ3v) is 5.90. The van der Waals surface area contributed by atoms with Gasteiger partial charge in [-0.3, -0.25) is 9.59 Å². The summed E-state index contributed by atoms with van der Waals surface area (Å²) < 4.78 is 0. The highest BCUT2D eigenvalue weighted by Crippen LogP contribution is 2.42. The van der Waals surface area contributed by atoms with Crippen LogP contribution in [0.2, 0.25) is 0 Å². The van der Waals surface area contributed by atoms with Crippen LogP contribution < -0.4 is 5.32 Å². The second-order valence-electron chi connectivity index (χ2n) is 7.31. The Balaban J connectivity index is 1.45. The molecule has 2 aliphatic heterocycles. The summed E-state index contributed by atoms with van der Waals surface area (Å²) in [4.78, 5) is 26.8. The maximum absolute atomic E-state index is 13.2. The number of benzene rings is 2. The highest BCUT2D eigenvalue weighted by molar-refractivity contribution is 6.01. The SMILES string of the molecule is O=C1Cc2cc(C(=O)N3CCCC4c5ccccc5CC43)ccc2N1. The summed E-state index contributed by atoms with van der Waals surface area (Å²) in [5.74, 6) is 0.570. The number of rotatable bonds is 1. The Morgan fingerprint density at radius 3 is 2.92 bits per heavy atom. The van der Waals surface area contributed by atoms with Crippen molar-refractivity contribution in [1.29, 1.82) is 0 Å². The summed E-state index contributed by atoms with van der Waals surface area (Å²) in [7, 11) is 0. The lowest BCUT2D eigenvalue weighted by atomic mass is 9.88. The van der Waals surface area contributed by atoms with E-state index in [1.807, 2.05) is 18.2 Å². The van der Waals surface area contributed by atoms with Crippen molar-refractivity contribution in [2.75, 3.05) is 11.9 Å². The van der Waals surface area contributed by atoms with Crippen molar-refractivity contribution in [2.45, 2.75) is 37.6 Å². The first-order chi connectivity index (χ1) is 12.2. The molecule has 2 amide bonds. The van der Waals surface area contributed by atoms with Crippen molar-refractivity contribution < 1.29 is 9.59 Å². The molecule has 2 unspecified atom stereocenters. The predicted molar refractivity (Wildman–Crippen MR) is 95.7 cm³/mol. The summed E-state index contributed by atoms with van der Waals surface area (Å²) >= 11 is 0. The van der Waals surface area contributed by atoms with Gasteiger partial charge in [-0.05, 0) is 54.2 Å². The number of carbonyl (C=O) groups excluding carboxylic acids is 2. The van der Waals surface area contributed by atoms with E-state index in [0.29, 0.717) is 17.9 Å². The van der Waals surface area contributed by atoms with E-state index in [1.54, 1.807) is 0 Å². The van der Waals surface area contributed by atoms with Crippen molar-refractivity contribution in [3.63, 3.8) is 0 Å². The van der Waals surface area contributed by atoms with Gasteiger partial charge >= 0.3 is 0 Å². The molecule has 2 aromatic rings. The van der Waals surface area contributed by atoms with Crippen molar-refractivity contribution in [2.24, 2.45) is 0 Å². The zero-order valence-electron chi connectivity index (χ0n) is 14.0. The van der Waals surface area contributed by atoms with Crippen LogP contribution in [-0.4, -0.2) is 29.3 Å². The Hall–Kier alpha value is -2.62. The molecule has 2 aromatic carbocycles. The highest BCUT2D eigenvalue weighted by Gasteiger charge is 2.40. The lowest BCUT2D eigenvalue weighted by Crippen LogP contribution is -2.46. The van der Waals surface area contributed by atoms with Gasteiger partial charge in [-0.25, -0.2) is 0 Å². The van der Waals surface area contributed by atoms with E-state index >= 15 is 0 Å². The number of piperidine rings is 1. The number of nitrogens with zero attached hydrogens (tertiary/aromatic N) is 1. The first-order valence-corrected chi connectivity index (χ1v) is 9.02. The van der Waals surface area contributed by atoms with E-state index in [9.17, 15) is 9.59 Å². The molecule has 2 atom stereocenters. The Labute approximate surface area is 146 Å². The number of carbonyl (C=O) groups is 2. The molecule has 126 valence electrons. The molecule has 0 bridgehead atoms. The summed E-state index contributed by atoms with van der Waals surface area (Å²) in [5.41, 5.74) is 5.28. The second-order valence-corrected chi connectivity index (χ2v) is 7.31. The van der Waals surface area contributed by atoms with E-state index in [2.05, 4.69) is 34.5 Å². The van der Waals surface area contributed by atoms with Crippen LogP contribution in [0.3, 0.4) is 0 Å². The Kier molecular flexibility index (Phi) is 3.20. The average molecular weight is 332 g/mol. The number of amides is 2. The van der Waals surface area contributed by atoms with Crippen LogP contribution >= 0.6 is 0 Å². The summed E-state index contributed by atoms with van der Waals surface area (Å²) in [6, 6.07) is 14.5. The standard InChI is InChI=1S/C21H20N2O2/c24-20-12-15-10-14(7-8-18(15)22-20)21(25)23-9-3-6-17-16-5-2-1-4-13(16)11-19(17)23/h1-2,4-5,7-8,10,17,19H,3,6,9,11-12H2,(H,22,24). The number of anilines is 1. The van der Waals surface area contributed by atoms with Crippen molar-refractivity contribution >= 4 is 17.5 Å². The smallest absolute Gasteiger partial charge is 0.254 e. The van der Waals surface area contributed by atoms with E-state index in [1.165, 1.54) is 11.1 Å². The topological polar surface area (TPSA) is 49.4 Å². The fraction of sp³-hybridized carbons (Fsp3) is 0.333. The molecule has 0 radical (unpaired) electrons. The number of nitrogens with one attached hydrogen (secondary N) is 1. The molecule has 1 fully saturated rings. The zero-order chi connectivity index (χ0) is 17.0. The van der Waals surface area contributed by atoms with Gasteiger partial charge in [-0.2, -0.15) is 0 Å². The normalized spacial score (nSPS) is 23.7. The molecule has 4 heteroatoms. The van der Waals surface area contributed by atoms with Crippen LogP contribution in [0.5, 0.6) is 0 Å². The molecule has 0 saturated carbocycles. The van der Waals surface area contributed by atoms with Gasteiger partial charge in [-0.15, -0.1) is 0 Å². The van der Waals surface area contributed by atoms with Gasteiger partial charge in [0.1, 0.15) is 0 Å². The first-order valence-electron chi connectivity index (χ1n) is 9.02. The third-order valence-electron chi connectivity index (χ3n) is 5.90. The Morgan fingerprint density at radius 1 is 1.12 bits per heavy atom. The molecule has 2 heterocycles. The molecule has 1 aliphatic carbocycles. The second kappa shape index (κ2) is 5.45. The van der Waals surface area contributed by atoms with Gasteiger partial charge in [0.05, 0.1) is 6.42 Å². The van der Waals surface area contributed by atoms with Crippen molar-refractivity contribution in [1.82, 2.24) is 4.90 Å². The van der Waals surface area contributed by atoms with Crippen LogP contribution in [-0.2, 0) is 17.6 Å². The minimum absolute atomic E-state index is 0.00359. The molecular formula is C21H20N2O2. The summed E-state index contributed by atoms with van der Waals surface area (Å²) in [6.45, 7) is 0.822. The molecule has 4 nitrogen and oxygen atoms in total. The largest absolute Gasteiger partial charge is 0.335 e. The zero-order valence-corrected chi connectivity index (χ0v) is 14.0. The lowest BCUT2D eigenvalue weighted by molar-refractivity contribution is -0.115. The Morgan fingerprint density at radius 2 is 2.00 bits per heavy atom. The van der Waals surface area contributed by atoms with Gasteiger partial charge in [0.2, 0.25) is 5.91 Å². The van der Waals surface area contributed by atoms with Crippen LogP contribution in [0.15, 0.2) is 42.5 Å². The number of likely N-dealkylation sites (tertiary alicyclic amines) is 1. The molecule has 1 N–H and O–H groups in total. The van der Waals surface area contributed by atoms with Crippen molar-refractivity contribution in [3.05, 3.63) is 64.7 Å².